The van der Waals surface area contributed by atoms with Gasteiger partial charge in [0.15, 0.2) is 0 Å². The number of carbonyl (C=O) groups is 1. The van der Waals surface area contributed by atoms with Crippen LogP contribution in [-0.2, 0) is 4.79 Å². The van der Waals surface area contributed by atoms with Gasteiger partial charge in [-0.25, -0.2) is 0 Å². The second-order valence-electron chi connectivity index (χ2n) is 3.07. The van der Waals surface area contributed by atoms with E-state index in [4.69, 9.17) is 0 Å². The zero-order valence-corrected chi connectivity index (χ0v) is 8.08. The van der Waals surface area contributed by atoms with Gasteiger partial charge in [-0.3, -0.25) is 4.79 Å². The van der Waals surface area contributed by atoms with Crippen LogP contribution in [0.15, 0.2) is 30.3 Å². The molecule has 1 rings (SSSR count). The third kappa shape index (κ3) is 2.90. The number of benzene rings is 1. The normalized spacial score (nSPS) is 12.2. The molecule has 0 saturated heterocycles. The van der Waals surface area contributed by atoms with Gasteiger partial charge in [0.1, 0.15) is 0 Å². The fraction of sp³-hybridized carbons (Fsp3) is 0.364. The molecule has 0 aromatic heterocycles. The van der Waals surface area contributed by atoms with Crippen molar-refractivity contribution in [2.24, 2.45) is 0 Å². The van der Waals surface area contributed by atoms with Crippen LogP contribution < -0.4 is 5.32 Å². The van der Waals surface area contributed by atoms with Crippen molar-refractivity contribution in [3.8, 4) is 0 Å². The second kappa shape index (κ2) is 4.65. The van der Waals surface area contributed by atoms with Gasteiger partial charge in [0, 0.05) is 8.35 Å². The summed E-state index contributed by atoms with van der Waals surface area (Å²) < 4.78 is 0. The fourth-order valence-corrected chi connectivity index (χ4v) is 1.35. The Labute approximate surface area is 80.5 Å². The molecular weight excluding hydrogens is 162 g/mol. The van der Waals surface area contributed by atoms with E-state index in [0.29, 0.717) is 0 Å². The average Bonchev–Trinajstić information content (AvgIpc) is 2.15. The van der Waals surface area contributed by atoms with Crippen molar-refractivity contribution in [1.29, 1.82) is 0 Å². The number of rotatable bonds is 3. The number of amides is 1. The molecule has 0 aliphatic rings. The lowest BCUT2D eigenvalue weighted by molar-refractivity contribution is -0.119. The molecule has 1 N–H and O–H groups in total. The lowest BCUT2D eigenvalue weighted by Crippen LogP contribution is -2.25. The molecule has 2 heteroatoms. The van der Waals surface area contributed by atoms with Crippen LogP contribution in [0.4, 0.5) is 0 Å². The fourth-order valence-electron chi connectivity index (χ4n) is 1.35. The Hall–Kier alpha value is -1.31. The molecule has 0 fully saturated rings. The first-order chi connectivity index (χ1) is 6.24. The molecule has 0 unspecified atom stereocenters. The van der Waals surface area contributed by atoms with Crippen molar-refractivity contribution in [1.82, 2.24) is 5.32 Å². The van der Waals surface area contributed by atoms with E-state index in [1.54, 1.807) is 6.92 Å². The Morgan fingerprint density at radius 1 is 1.46 bits per heavy atom. The van der Waals surface area contributed by atoms with Crippen LogP contribution in [-0.4, -0.2) is 5.91 Å². The number of hydrogen-bond acceptors (Lipinski definition) is 1. The SMILES string of the molecule is CC[C@@H](NC(C)=O)c1ccccc1.[HH]. The molecule has 1 aromatic rings. The quantitative estimate of drug-likeness (QED) is 0.759. The van der Waals surface area contributed by atoms with Crippen LogP contribution in [0.1, 0.15) is 33.3 Å². The summed E-state index contributed by atoms with van der Waals surface area (Å²) >= 11 is 0. The van der Waals surface area contributed by atoms with E-state index in [1.807, 2.05) is 30.3 Å². The summed E-state index contributed by atoms with van der Waals surface area (Å²) in [6.07, 6.45) is 0.920. The van der Waals surface area contributed by atoms with Crippen molar-refractivity contribution in [2.75, 3.05) is 0 Å². The van der Waals surface area contributed by atoms with Gasteiger partial charge >= 0.3 is 0 Å². The second-order valence-corrected chi connectivity index (χ2v) is 3.07. The Kier molecular flexibility index (Phi) is 3.50. The molecule has 0 saturated carbocycles. The van der Waals surface area contributed by atoms with Crippen LogP contribution >= 0.6 is 0 Å². The molecule has 0 aliphatic carbocycles. The van der Waals surface area contributed by atoms with E-state index in [0.717, 1.165) is 6.42 Å². The number of nitrogens with one attached hydrogen (secondary N) is 1. The maximum atomic E-state index is 10.9. The van der Waals surface area contributed by atoms with Gasteiger partial charge < -0.3 is 5.32 Å². The van der Waals surface area contributed by atoms with E-state index in [2.05, 4.69) is 12.2 Å². The Morgan fingerprint density at radius 2 is 2.08 bits per heavy atom. The van der Waals surface area contributed by atoms with Gasteiger partial charge in [-0.15, -0.1) is 0 Å². The zero-order valence-electron chi connectivity index (χ0n) is 8.08. The molecule has 1 atom stereocenters. The molecule has 0 bridgehead atoms. The molecule has 0 spiro atoms. The molecule has 1 amide bonds. The van der Waals surface area contributed by atoms with Gasteiger partial charge in [-0.1, -0.05) is 37.3 Å². The minimum atomic E-state index is 0. The van der Waals surface area contributed by atoms with Crippen LogP contribution in [0, 0.1) is 0 Å². The summed E-state index contributed by atoms with van der Waals surface area (Å²) in [5, 5.41) is 2.91. The highest BCUT2D eigenvalue weighted by Gasteiger charge is 2.08. The topological polar surface area (TPSA) is 29.1 Å². The predicted octanol–water partition coefficient (Wildman–Crippen LogP) is 2.52. The summed E-state index contributed by atoms with van der Waals surface area (Å²) in [4.78, 5) is 10.9. The molecule has 0 aliphatic heterocycles. The standard InChI is InChI=1S/C11H15NO.H2/c1-3-11(12-9(2)13)10-7-5-4-6-8-10;/h4-8,11H,3H2,1-2H3,(H,12,13);1H/t11-;/m1./s1. The lowest BCUT2D eigenvalue weighted by atomic mass is 10.1. The van der Waals surface area contributed by atoms with Crippen molar-refractivity contribution in [3.05, 3.63) is 35.9 Å². The molecule has 0 heterocycles. The lowest BCUT2D eigenvalue weighted by Gasteiger charge is -2.15. The maximum absolute atomic E-state index is 10.9. The van der Waals surface area contributed by atoms with Crippen LogP contribution in [0.3, 0.4) is 0 Å². The van der Waals surface area contributed by atoms with Crippen molar-refractivity contribution >= 4 is 5.91 Å². The van der Waals surface area contributed by atoms with E-state index < -0.39 is 0 Å². The molecule has 0 radical (unpaired) electrons. The highest BCUT2D eigenvalue weighted by molar-refractivity contribution is 5.73. The Morgan fingerprint density at radius 3 is 2.54 bits per heavy atom. The molecule has 2 nitrogen and oxygen atoms in total. The molecular formula is C11H17NO. The zero-order chi connectivity index (χ0) is 9.68. The molecule has 13 heavy (non-hydrogen) atoms. The average molecular weight is 179 g/mol. The van der Waals surface area contributed by atoms with Gasteiger partial charge in [0.25, 0.3) is 0 Å². The van der Waals surface area contributed by atoms with Crippen molar-refractivity contribution in [3.63, 3.8) is 0 Å². The first kappa shape index (κ1) is 9.78. The number of hydrogen-bond donors (Lipinski definition) is 1. The van der Waals surface area contributed by atoms with Crippen molar-refractivity contribution in [2.45, 2.75) is 26.3 Å². The summed E-state index contributed by atoms with van der Waals surface area (Å²) in [6.45, 7) is 3.61. The van der Waals surface area contributed by atoms with E-state index in [1.165, 1.54) is 5.56 Å². The van der Waals surface area contributed by atoms with Gasteiger partial charge in [-0.05, 0) is 12.0 Å². The van der Waals surface area contributed by atoms with Gasteiger partial charge in [0.2, 0.25) is 5.91 Å². The molecule has 1 aromatic carbocycles. The largest absolute Gasteiger partial charge is 0.350 e. The van der Waals surface area contributed by atoms with Crippen LogP contribution in [0.25, 0.3) is 0 Å². The first-order valence-corrected chi connectivity index (χ1v) is 4.56. The van der Waals surface area contributed by atoms with E-state index in [-0.39, 0.29) is 13.4 Å². The smallest absolute Gasteiger partial charge is 0.217 e. The Balaban J connectivity index is 0.00000169. The van der Waals surface area contributed by atoms with Crippen LogP contribution in [0.2, 0.25) is 0 Å². The third-order valence-corrected chi connectivity index (χ3v) is 1.99. The Bertz CT molecular complexity index is 274. The van der Waals surface area contributed by atoms with Gasteiger partial charge in [-0.2, -0.15) is 0 Å². The highest BCUT2D eigenvalue weighted by Crippen LogP contribution is 2.15. The van der Waals surface area contributed by atoms with Gasteiger partial charge in [0.05, 0.1) is 6.04 Å². The highest BCUT2D eigenvalue weighted by atomic mass is 16.1. The summed E-state index contributed by atoms with van der Waals surface area (Å²) in [5.74, 6) is 0.0238. The minimum absolute atomic E-state index is 0. The summed E-state index contributed by atoms with van der Waals surface area (Å²) in [5.41, 5.74) is 1.17. The monoisotopic (exact) mass is 179 g/mol. The van der Waals surface area contributed by atoms with E-state index in [9.17, 15) is 4.79 Å². The van der Waals surface area contributed by atoms with E-state index >= 15 is 0 Å². The summed E-state index contributed by atoms with van der Waals surface area (Å²) in [6, 6.07) is 10.2. The third-order valence-electron chi connectivity index (χ3n) is 1.99. The van der Waals surface area contributed by atoms with Crippen LogP contribution in [0.5, 0.6) is 0 Å². The summed E-state index contributed by atoms with van der Waals surface area (Å²) in [7, 11) is 0. The number of carbonyl (C=O) groups excluding carboxylic acids is 1. The first-order valence-electron chi connectivity index (χ1n) is 4.56. The minimum Gasteiger partial charge on any atom is -0.350 e. The predicted molar refractivity (Wildman–Crippen MR) is 55.4 cm³/mol. The van der Waals surface area contributed by atoms with Crippen molar-refractivity contribution < 1.29 is 6.22 Å². The maximum Gasteiger partial charge on any atom is 0.217 e. The molecule has 72 valence electrons.